The van der Waals surface area contributed by atoms with E-state index < -0.39 is 6.61 Å². The highest BCUT2D eigenvalue weighted by Gasteiger charge is 2.10. The van der Waals surface area contributed by atoms with Crippen LogP contribution < -0.4 is 15.4 Å². The Morgan fingerprint density at radius 3 is 2.78 bits per heavy atom. The zero-order chi connectivity index (χ0) is 13.5. The van der Waals surface area contributed by atoms with Gasteiger partial charge in [0.1, 0.15) is 5.75 Å². The molecule has 0 atom stereocenters. The summed E-state index contributed by atoms with van der Waals surface area (Å²) in [5, 5.41) is 6.20. The van der Waals surface area contributed by atoms with Gasteiger partial charge in [-0.3, -0.25) is 0 Å². The average molecular weight is 274 g/mol. The number of hydrogen-bond acceptors (Lipinski definition) is 2. The Balaban J connectivity index is 2.78. The number of halogens is 2. The van der Waals surface area contributed by atoms with Gasteiger partial charge in [-0.1, -0.05) is 13.0 Å². The molecule has 0 aliphatic rings. The van der Waals surface area contributed by atoms with Crippen molar-refractivity contribution in [2.75, 3.05) is 11.9 Å². The van der Waals surface area contributed by atoms with Gasteiger partial charge in [-0.2, -0.15) is 8.78 Å². The number of rotatable bonds is 5. The second-order valence-corrected chi connectivity index (χ2v) is 4.17. The molecule has 1 aromatic rings. The summed E-state index contributed by atoms with van der Waals surface area (Å²) in [7, 11) is 0. The lowest BCUT2D eigenvalue weighted by Crippen LogP contribution is -2.29. The summed E-state index contributed by atoms with van der Waals surface area (Å²) in [6.45, 7) is 1.74. The van der Waals surface area contributed by atoms with Gasteiger partial charge in [0.2, 0.25) is 0 Å². The van der Waals surface area contributed by atoms with Gasteiger partial charge < -0.3 is 15.4 Å². The largest absolute Gasteiger partial charge is 0.433 e. The van der Waals surface area contributed by atoms with Gasteiger partial charge in [0.25, 0.3) is 0 Å². The lowest BCUT2D eigenvalue weighted by atomic mass is 10.2. The fourth-order valence-corrected chi connectivity index (χ4v) is 1.56. The fraction of sp³-hybridized carbons (Fsp3) is 0.417. The number of nitrogens with one attached hydrogen (secondary N) is 2. The van der Waals surface area contributed by atoms with Crippen LogP contribution in [0.5, 0.6) is 5.75 Å². The Bertz CT molecular complexity index is 413. The highest BCUT2D eigenvalue weighted by atomic mass is 32.1. The first-order chi connectivity index (χ1) is 8.52. The number of aryl methyl sites for hydroxylation is 1. The van der Waals surface area contributed by atoms with Crippen molar-refractivity contribution in [1.82, 2.24) is 5.32 Å². The first-order valence-corrected chi connectivity index (χ1v) is 6.04. The molecular formula is C12H16F2N2OS. The van der Waals surface area contributed by atoms with Gasteiger partial charge >= 0.3 is 6.61 Å². The van der Waals surface area contributed by atoms with Gasteiger partial charge in [-0.15, -0.1) is 0 Å². The van der Waals surface area contributed by atoms with Crippen molar-refractivity contribution in [3.63, 3.8) is 0 Å². The number of benzene rings is 1. The number of anilines is 1. The quantitative estimate of drug-likeness (QED) is 0.807. The molecule has 6 heteroatoms. The second kappa shape index (κ2) is 7.10. The topological polar surface area (TPSA) is 33.3 Å². The van der Waals surface area contributed by atoms with E-state index in [1.165, 1.54) is 6.07 Å². The molecule has 0 spiro atoms. The first kappa shape index (κ1) is 14.6. The molecule has 0 aliphatic carbocycles. The number of hydrogen-bond donors (Lipinski definition) is 2. The van der Waals surface area contributed by atoms with Gasteiger partial charge in [-0.25, -0.2) is 0 Å². The first-order valence-electron chi connectivity index (χ1n) is 5.63. The minimum absolute atomic E-state index is 0.0799. The van der Waals surface area contributed by atoms with E-state index in [-0.39, 0.29) is 5.75 Å². The van der Waals surface area contributed by atoms with Gasteiger partial charge in [-0.05, 0) is 43.3 Å². The zero-order valence-corrected chi connectivity index (χ0v) is 11.1. The van der Waals surface area contributed by atoms with Crippen LogP contribution >= 0.6 is 12.2 Å². The third-order valence-electron chi connectivity index (χ3n) is 2.13. The molecule has 0 amide bonds. The summed E-state index contributed by atoms with van der Waals surface area (Å²) < 4.78 is 28.9. The summed E-state index contributed by atoms with van der Waals surface area (Å²) in [4.78, 5) is 0. The van der Waals surface area contributed by atoms with E-state index in [1.807, 2.05) is 13.8 Å². The predicted octanol–water partition coefficient (Wildman–Crippen LogP) is 3.29. The normalized spacial score (nSPS) is 10.3. The molecule has 2 N–H and O–H groups in total. The Labute approximate surface area is 111 Å². The maximum atomic E-state index is 12.2. The molecule has 0 fully saturated rings. The van der Waals surface area contributed by atoms with Gasteiger partial charge in [0.15, 0.2) is 5.11 Å². The Morgan fingerprint density at radius 2 is 2.17 bits per heavy atom. The summed E-state index contributed by atoms with van der Waals surface area (Å²) in [5.41, 5.74) is 1.36. The molecule has 0 aromatic heterocycles. The zero-order valence-electron chi connectivity index (χ0n) is 10.3. The fourth-order valence-electron chi connectivity index (χ4n) is 1.35. The van der Waals surface area contributed by atoms with Crippen molar-refractivity contribution in [1.29, 1.82) is 0 Å². The van der Waals surface area contributed by atoms with Crippen LogP contribution in [0.15, 0.2) is 18.2 Å². The summed E-state index contributed by atoms with van der Waals surface area (Å²) in [6, 6.07) is 4.90. The standard InChI is InChI=1S/C12H16F2N2OS/c1-3-6-15-12(18)16-9-7-8(2)4-5-10(9)17-11(13)14/h4-5,7,11H,3,6H2,1-2H3,(H2,15,16,18). The van der Waals surface area contributed by atoms with Crippen LogP contribution in [0.3, 0.4) is 0 Å². The highest BCUT2D eigenvalue weighted by Crippen LogP contribution is 2.27. The van der Waals surface area contributed by atoms with Crippen molar-refractivity contribution in [2.24, 2.45) is 0 Å². The minimum Gasteiger partial charge on any atom is -0.433 e. The van der Waals surface area contributed by atoms with Crippen LogP contribution in [0.4, 0.5) is 14.5 Å². The van der Waals surface area contributed by atoms with E-state index >= 15 is 0 Å². The molecular weight excluding hydrogens is 258 g/mol. The molecule has 0 saturated carbocycles. The monoisotopic (exact) mass is 274 g/mol. The lowest BCUT2D eigenvalue weighted by Gasteiger charge is -2.14. The molecule has 0 saturated heterocycles. The molecule has 0 heterocycles. The van der Waals surface area contributed by atoms with E-state index in [0.29, 0.717) is 10.8 Å². The molecule has 0 aliphatic heterocycles. The van der Waals surface area contributed by atoms with Crippen molar-refractivity contribution < 1.29 is 13.5 Å². The van der Waals surface area contributed by atoms with E-state index in [4.69, 9.17) is 12.2 Å². The Hall–Kier alpha value is -1.43. The van der Waals surface area contributed by atoms with Crippen LogP contribution in [0.25, 0.3) is 0 Å². The van der Waals surface area contributed by atoms with E-state index in [0.717, 1.165) is 18.5 Å². The molecule has 0 bridgehead atoms. The maximum Gasteiger partial charge on any atom is 0.387 e. The van der Waals surface area contributed by atoms with Crippen molar-refractivity contribution in [3.8, 4) is 5.75 Å². The predicted molar refractivity (Wildman–Crippen MR) is 72.3 cm³/mol. The summed E-state index contributed by atoms with van der Waals surface area (Å²) in [5.74, 6) is 0.0799. The minimum atomic E-state index is -2.86. The summed E-state index contributed by atoms with van der Waals surface area (Å²) in [6.07, 6.45) is 0.927. The van der Waals surface area contributed by atoms with Crippen LogP contribution in [-0.4, -0.2) is 18.3 Å². The molecule has 1 rings (SSSR count). The highest BCUT2D eigenvalue weighted by molar-refractivity contribution is 7.80. The second-order valence-electron chi connectivity index (χ2n) is 3.76. The summed E-state index contributed by atoms with van der Waals surface area (Å²) >= 11 is 5.05. The van der Waals surface area contributed by atoms with Crippen molar-refractivity contribution >= 4 is 23.0 Å². The van der Waals surface area contributed by atoms with E-state index in [9.17, 15) is 8.78 Å². The Kier molecular flexibility index (Phi) is 5.77. The van der Waals surface area contributed by atoms with Crippen molar-refractivity contribution in [3.05, 3.63) is 23.8 Å². The van der Waals surface area contributed by atoms with Gasteiger partial charge in [0.05, 0.1) is 5.69 Å². The molecule has 18 heavy (non-hydrogen) atoms. The number of ether oxygens (including phenoxy) is 1. The smallest absolute Gasteiger partial charge is 0.387 e. The average Bonchev–Trinajstić information content (AvgIpc) is 2.29. The lowest BCUT2D eigenvalue weighted by molar-refractivity contribution is -0.0493. The van der Waals surface area contributed by atoms with Crippen molar-refractivity contribution in [2.45, 2.75) is 26.9 Å². The molecule has 0 unspecified atom stereocenters. The van der Waals surface area contributed by atoms with E-state index in [1.54, 1.807) is 12.1 Å². The van der Waals surface area contributed by atoms with Gasteiger partial charge in [0, 0.05) is 6.54 Å². The number of alkyl halides is 2. The third kappa shape index (κ3) is 4.83. The third-order valence-corrected chi connectivity index (χ3v) is 2.38. The van der Waals surface area contributed by atoms with Crippen LogP contribution in [0.2, 0.25) is 0 Å². The maximum absolute atomic E-state index is 12.2. The van der Waals surface area contributed by atoms with E-state index in [2.05, 4.69) is 15.4 Å². The molecule has 0 radical (unpaired) electrons. The SMILES string of the molecule is CCCNC(=S)Nc1cc(C)ccc1OC(F)F. The van der Waals surface area contributed by atoms with Crippen LogP contribution in [0.1, 0.15) is 18.9 Å². The molecule has 100 valence electrons. The molecule has 1 aromatic carbocycles. The van der Waals surface area contributed by atoms with Crippen LogP contribution in [0, 0.1) is 6.92 Å². The molecule has 3 nitrogen and oxygen atoms in total. The van der Waals surface area contributed by atoms with Crippen LogP contribution in [-0.2, 0) is 0 Å². The number of thiocarbonyl (C=S) groups is 1. The Morgan fingerprint density at radius 1 is 1.44 bits per heavy atom.